The molecule has 0 aliphatic rings. The summed E-state index contributed by atoms with van der Waals surface area (Å²) in [5.41, 5.74) is 9.22. The van der Waals surface area contributed by atoms with Gasteiger partial charge in [0.15, 0.2) is 0 Å². The lowest BCUT2D eigenvalue weighted by Crippen LogP contribution is -2.01. The Kier molecular flexibility index (Phi) is 119. The summed E-state index contributed by atoms with van der Waals surface area (Å²) in [5.74, 6) is -0.667. The zero-order valence-corrected chi connectivity index (χ0v) is 22.2. The van der Waals surface area contributed by atoms with Crippen LogP contribution >= 0.6 is 0 Å². The Balaban J connectivity index is -0.0000000268. The molecule has 0 bridgehead atoms. The van der Waals surface area contributed by atoms with Gasteiger partial charge in [-0.3, -0.25) is 29.8 Å². The summed E-state index contributed by atoms with van der Waals surface area (Å²) < 4.78 is 4.83. The number of non-ortho nitro benzene ring substituents is 2. The molecule has 0 spiro atoms. The van der Waals surface area contributed by atoms with Gasteiger partial charge in [0.25, 0.3) is 11.4 Å². The number of rotatable bonds is 4. The normalized spacial score (nSPS) is 6.42. The van der Waals surface area contributed by atoms with Gasteiger partial charge in [-0.05, 0) is 20.8 Å². The van der Waals surface area contributed by atoms with Gasteiger partial charge in [0.1, 0.15) is 0 Å². The number of nitrogens with two attached hydrogens (primary N) is 2. The monoisotopic (exact) mass is 627 g/mol. The van der Waals surface area contributed by atoms with Gasteiger partial charge in [-0.2, -0.15) is 0 Å². The molecule has 262 valence electrons. The molecular weight excluding hydrogens is 556 g/mol. The highest BCUT2D eigenvalue weighted by Crippen LogP contribution is 2.07. The second kappa shape index (κ2) is 66.4. The maximum absolute atomic E-state index is 10.0. The Hall–Kier alpha value is -3.90. The van der Waals surface area contributed by atoms with Gasteiger partial charge in [0, 0.05) is 57.9 Å². The van der Waals surface area contributed by atoms with Crippen LogP contribution in [0.15, 0.2) is 60.7 Å². The van der Waals surface area contributed by atoms with Crippen molar-refractivity contribution in [2.24, 2.45) is 11.5 Å². The van der Waals surface area contributed by atoms with Gasteiger partial charge in [0.05, 0.1) is 9.85 Å². The van der Waals surface area contributed by atoms with E-state index in [9.17, 15) is 29.8 Å². The summed E-state index contributed by atoms with van der Waals surface area (Å²) in [5, 5.41) is 27.6. The molecular formula is C31H70N4O8. The SMILES string of the molecule is C.C.C.C.C.C.C.CC.CC(N)=O.CC(N)=O.CCO.CCOCC.O=[N+]([O-])c1ccccc1.O=[N+]([O-])c1ccccc1. The molecule has 0 radical (unpaired) electrons. The van der Waals surface area contributed by atoms with E-state index in [1.54, 1.807) is 43.3 Å². The third-order valence-corrected chi connectivity index (χ3v) is 2.34. The molecule has 2 aromatic rings. The third-order valence-electron chi connectivity index (χ3n) is 2.34. The van der Waals surface area contributed by atoms with Gasteiger partial charge >= 0.3 is 0 Å². The molecule has 0 fully saturated rings. The van der Waals surface area contributed by atoms with Gasteiger partial charge in [0.2, 0.25) is 11.8 Å². The number of hydrogen-bond acceptors (Lipinski definition) is 8. The number of nitro groups is 2. The lowest BCUT2D eigenvalue weighted by atomic mass is 10.3. The molecule has 2 rings (SSSR count). The first-order chi connectivity index (χ1) is 16.9. The van der Waals surface area contributed by atoms with E-state index in [1.165, 1.54) is 38.1 Å². The van der Waals surface area contributed by atoms with E-state index in [1.807, 2.05) is 27.7 Å². The number of primary amides is 2. The van der Waals surface area contributed by atoms with Crippen molar-refractivity contribution >= 4 is 23.2 Å². The lowest BCUT2D eigenvalue weighted by molar-refractivity contribution is -0.385. The number of carbonyl (C=O) groups excluding carboxylic acids is 2. The van der Waals surface area contributed by atoms with E-state index >= 15 is 0 Å². The maximum Gasteiger partial charge on any atom is 0.269 e. The van der Waals surface area contributed by atoms with Crippen LogP contribution in [0.25, 0.3) is 0 Å². The first-order valence-electron chi connectivity index (χ1n) is 11.0. The summed E-state index contributed by atoms with van der Waals surface area (Å²) in [7, 11) is 0. The Labute approximate surface area is 265 Å². The summed E-state index contributed by atoms with van der Waals surface area (Å²) in [6.45, 7) is 14.2. The number of aliphatic hydroxyl groups is 1. The fourth-order valence-electron chi connectivity index (χ4n) is 1.30. The first-order valence-corrected chi connectivity index (χ1v) is 11.0. The zero-order valence-electron chi connectivity index (χ0n) is 22.2. The molecule has 12 nitrogen and oxygen atoms in total. The first kappa shape index (κ1) is 77.3. The second-order valence-electron chi connectivity index (χ2n) is 5.50. The van der Waals surface area contributed by atoms with Crippen LogP contribution in [0.2, 0.25) is 0 Å². The Morgan fingerprint density at radius 1 is 0.651 bits per heavy atom. The molecule has 2 amide bonds. The fraction of sp³-hybridized carbons (Fsp3) is 0.548. The molecule has 0 aliphatic carbocycles. The van der Waals surface area contributed by atoms with Crippen molar-refractivity contribution in [1.82, 2.24) is 0 Å². The topological polar surface area (TPSA) is 202 Å². The Morgan fingerprint density at radius 2 is 0.814 bits per heavy atom. The number of benzene rings is 2. The average molecular weight is 627 g/mol. The van der Waals surface area contributed by atoms with E-state index in [0.717, 1.165) is 13.2 Å². The van der Waals surface area contributed by atoms with Crippen molar-refractivity contribution < 1.29 is 29.3 Å². The maximum atomic E-state index is 10.0. The highest BCUT2D eigenvalue weighted by Gasteiger charge is 1.99. The van der Waals surface area contributed by atoms with Crippen molar-refractivity contribution in [3.8, 4) is 0 Å². The van der Waals surface area contributed by atoms with Crippen LogP contribution in [-0.2, 0) is 14.3 Å². The molecule has 43 heavy (non-hydrogen) atoms. The van der Waals surface area contributed by atoms with E-state index < -0.39 is 9.85 Å². The van der Waals surface area contributed by atoms with Crippen LogP contribution in [0.1, 0.15) is 100 Å². The zero-order chi connectivity index (χ0) is 29.4. The molecule has 0 aromatic heterocycles. The predicted molar refractivity (Wildman–Crippen MR) is 189 cm³/mol. The summed E-state index contributed by atoms with van der Waals surface area (Å²) in [4.78, 5) is 37.6. The molecule has 12 heteroatoms. The van der Waals surface area contributed by atoms with E-state index in [2.05, 4.69) is 11.5 Å². The van der Waals surface area contributed by atoms with Crippen LogP contribution in [0.3, 0.4) is 0 Å². The van der Waals surface area contributed by atoms with Crippen molar-refractivity contribution in [2.45, 2.75) is 100 Å². The smallest absolute Gasteiger partial charge is 0.269 e. The molecule has 0 heterocycles. The minimum Gasteiger partial charge on any atom is -0.397 e. The Morgan fingerprint density at radius 3 is 0.884 bits per heavy atom. The number of para-hydroxylation sites is 2. The third kappa shape index (κ3) is 102. The summed E-state index contributed by atoms with van der Waals surface area (Å²) in [6.07, 6.45) is 0. The van der Waals surface area contributed by atoms with Crippen LogP contribution in [0, 0.1) is 20.2 Å². The molecule has 0 saturated carbocycles. The average Bonchev–Trinajstić information content (AvgIpc) is 2.83. The van der Waals surface area contributed by atoms with Crippen LogP contribution in [-0.4, -0.2) is 46.6 Å². The predicted octanol–water partition coefficient (Wildman–Crippen LogP) is 8.69. The van der Waals surface area contributed by atoms with Gasteiger partial charge in [-0.15, -0.1) is 0 Å². The minimum atomic E-state index is -0.417. The number of nitro benzene ring substituents is 2. The van der Waals surface area contributed by atoms with Crippen molar-refractivity contribution in [2.75, 3.05) is 19.8 Å². The fourth-order valence-corrected chi connectivity index (χ4v) is 1.30. The molecule has 0 aliphatic heterocycles. The number of amides is 2. The molecule has 0 unspecified atom stereocenters. The van der Waals surface area contributed by atoms with Crippen LogP contribution in [0.4, 0.5) is 11.4 Å². The van der Waals surface area contributed by atoms with Crippen molar-refractivity contribution in [3.05, 3.63) is 80.9 Å². The second-order valence-corrected chi connectivity index (χ2v) is 5.50. The Bertz CT molecular complexity index is 693. The minimum absolute atomic E-state index is 0. The van der Waals surface area contributed by atoms with Gasteiger partial charge in [-0.1, -0.05) is 102 Å². The van der Waals surface area contributed by atoms with Gasteiger partial charge in [-0.25, -0.2) is 0 Å². The van der Waals surface area contributed by atoms with Crippen molar-refractivity contribution in [1.29, 1.82) is 0 Å². The number of hydrogen-bond donors (Lipinski definition) is 3. The lowest BCUT2D eigenvalue weighted by Gasteiger charge is -1.86. The van der Waals surface area contributed by atoms with E-state index in [0.29, 0.717) is 0 Å². The number of ether oxygens (including phenoxy) is 1. The van der Waals surface area contributed by atoms with Crippen LogP contribution < -0.4 is 11.5 Å². The number of carbonyl (C=O) groups is 2. The van der Waals surface area contributed by atoms with E-state index in [-0.39, 0.29) is 81.8 Å². The summed E-state index contributed by atoms with van der Waals surface area (Å²) in [6, 6.07) is 15.9. The number of aliphatic hydroxyl groups excluding tert-OH is 1. The molecule has 0 atom stereocenters. The van der Waals surface area contributed by atoms with E-state index in [4.69, 9.17) is 9.84 Å². The largest absolute Gasteiger partial charge is 0.397 e. The number of nitrogens with zero attached hydrogens (tertiary/aromatic N) is 2. The standard InChI is InChI=1S/2C6H5NO2.C4H10O.2C2H5NO.C2H6O.C2H6.7CH4/c2*8-7(9)6-4-2-1-3-5-6;1-3-5-4-2;2*1-2(3)4;1-2-3;1-2;;;;;;;/h2*1-5H;3-4H2,1-2H3;2*1H3,(H2,3,4);3H,2H2,1H3;1-2H3;7*1H4. The van der Waals surface area contributed by atoms with Crippen LogP contribution in [0.5, 0.6) is 0 Å². The van der Waals surface area contributed by atoms with Gasteiger partial charge < -0.3 is 21.3 Å². The highest BCUT2D eigenvalue weighted by atomic mass is 16.6. The molecule has 2 aromatic carbocycles. The quantitative estimate of drug-likeness (QED) is 0.221. The summed E-state index contributed by atoms with van der Waals surface area (Å²) >= 11 is 0. The van der Waals surface area contributed by atoms with Crippen molar-refractivity contribution in [3.63, 3.8) is 0 Å². The molecule has 5 N–H and O–H groups in total. The molecule has 0 saturated heterocycles. The highest BCUT2D eigenvalue weighted by molar-refractivity contribution is 5.70.